The number of fused-ring (bicyclic) bond motifs is 20. The van der Waals surface area contributed by atoms with Gasteiger partial charge in [-0.25, -0.2) is 0 Å². The van der Waals surface area contributed by atoms with Crippen molar-refractivity contribution in [3.05, 3.63) is 256 Å². The second-order valence-corrected chi connectivity index (χ2v) is 19.6. The smallest absolute Gasteiger partial charge is 0.171 e. The van der Waals surface area contributed by atoms with Gasteiger partial charge in [-0.1, -0.05) is 164 Å². The molecule has 0 heterocycles. The molecule has 4 aliphatic carbocycles. The number of rotatable bonds is 3. The Bertz CT molecular complexity index is 3300. The number of hydrogen-bond donors (Lipinski definition) is 0. The molecule has 3 nitrogen and oxygen atoms in total. The van der Waals surface area contributed by atoms with Gasteiger partial charge in [-0.15, -0.1) is 0 Å². The van der Waals surface area contributed by atoms with Gasteiger partial charge in [0.15, 0.2) is 7.14 Å². The van der Waals surface area contributed by atoms with Crippen LogP contribution in [0.2, 0.25) is 0 Å². The van der Waals surface area contributed by atoms with Gasteiger partial charge in [0.25, 0.3) is 0 Å². The molecular formula is C58H33N2OP. The number of nitrogens with zero attached hydrogens (tertiary/aromatic N) is 2. The van der Waals surface area contributed by atoms with E-state index in [0.29, 0.717) is 11.1 Å². The molecule has 0 saturated heterocycles. The van der Waals surface area contributed by atoms with Gasteiger partial charge in [-0.05, 0) is 125 Å². The maximum atomic E-state index is 16.8. The summed E-state index contributed by atoms with van der Waals surface area (Å²) in [5.74, 6) is 0. The topological polar surface area (TPSA) is 64.7 Å². The van der Waals surface area contributed by atoms with Crippen LogP contribution in [0.15, 0.2) is 200 Å². The molecule has 2 spiro atoms. The summed E-state index contributed by atoms with van der Waals surface area (Å²) in [4.78, 5) is 0. The minimum absolute atomic E-state index is 0.584. The summed E-state index contributed by atoms with van der Waals surface area (Å²) in [6.07, 6.45) is 0. The van der Waals surface area contributed by atoms with E-state index in [-0.39, 0.29) is 0 Å². The third kappa shape index (κ3) is 4.12. The van der Waals surface area contributed by atoms with Crippen molar-refractivity contribution in [2.75, 3.05) is 0 Å². The van der Waals surface area contributed by atoms with Crippen molar-refractivity contribution >= 4 is 23.1 Å². The highest BCUT2D eigenvalue weighted by Crippen LogP contribution is 2.65. The standard InChI is InChI=1S/C58H33N2OP/c59-34-36-22-26-53-45(30-36)47-32-39(24-28-55(47)57(53)49-18-8-4-14-41(49)42-15-5-9-19-50(42)57)62(61,38-12-2-1-3-13-38)40-25-29-56-48(33-40)46-31-37(35-60)23-27-54(46)58(56)51-20-10-6-16-43(51)44-17-7-11-21-52(44)58/h1-33H. The molecule has 0 aliphatic heterocycles. The van der Waals surface area contributed by atoms with Gasteiger partial charge in [-0.3, -0.25) is 0 Å². The van der Waals surface area contributed by atoms with E-state index >= 15 is 4.57 Å². The molecule has 286 valence electrons. The quantitative estimate of drug-likeness (QED) is 0.167. The first-order chi connectivity index (χ1) is 30.5. The van der Waals surface area contributed by atoms with Crippen LogP contribution in [-0.4, -0.2) is 0 Å². The maximum Gasteiger partial charge on any atom is 0.171 e. The van der Waals surface area contributed by atoms with Gasteiger partial charge >= 0.3 is 0 Å². The summed E-state index contributed by atoms with van der Waals surface area (Å²) in [5.41, 5.74) is 18.1. The number of benzene rings is 9. The predicted octanol–water partition coefficient (Wildman–Crippen LogP) is 11.8. The predicted molar refractivity (Wildman–Crippen MR) is 248 cm³/mol. The van der Waals surface area contributed by atoms with Crippen LogP contribution >= 0.6 is 7.14 Å². The van der Waals surface area contributed by atoms with Gasteiger partial charge in [-0.2, -0.15) is 10.5 Å². The van der Waals surface area contributed by atoms with Gasteiger partial charge in [0.1, 0.15) is 0 Å². The van der Waals surface area contributed by atoms with Crippen LogP contribution in [0.5, 0.6) is 0 Å². The molecule has 0 amide bonds. The second-order valence-electron chi connectivity index (χ2n) is 16.8. The SMILES string of the molecule is N#Cc1ccc2c(c1)-c1cc(P(=O)(c3ccccc3)c3ccc4c(c3)-c3cc(C#N)ccc3C43c4ccccc4-c4ccccc43)ccc1C21c2ccccc2-c2ccccc21. The van der Waals surface area contributed by atoms with Crippen LogP contribution in [0.1, 0.15) is 55.6 Å². The first-order valence-electron chi connectivity index (χ1n) is 21.0. The van der Waals surface area contributed by atoms with Crippen LogP contribution in [0.4, 0.5) is 0 Å². The molecule has 0 saturated carbocycles. The van der Waals surface area contributed by atoms with E-state index in [1.807, 2.05) is 54.6 Å². The Morgan fingerprint density at radius 1 is 0.306 bits per heavy atom. The summed E-state index contributed by atoms with van der Waals surface area (Å²) >= 11 is 0. The van der Waals surface area contributed by atoms with Crippen molar-refractivity contribution in [3.8, 4) is 56.6 Å². The fourth-order valence-corrected chi connectivity index (χ4v) is 14.6. The number of hydrogen-bond acceptors (Lipinski definition) is 3. The minimum Gasteiger partial charge on any atom is -0.309 e. The first-order valence-corrected chi connectivity index (χ1v) is 22.7. The molecule has 4 heteroatoms. The zero-order valence-corrected chi connectivity index (χ0v) is 34.2. The van der Waals surface area contributed by atoms with Crippen LogP contribution in [0.25, 0.3) is 44.5 Å². The molecule has 13 rings (SSSR count). The van der Waals surface area contributed by atoms with Gasteiger partial charge < -0.3 is 4.57 Å². The number of nitriles is 2. The van der Waals surface area contributed by atoms with E-state index in [4.69, 9.17) is 0 Å². The minimum atomic E-state index is -3.58. The lowest BCUT2D eigenvalue weighted by Gasteiger charge is -2.31. The highest BCUT2D eigenvalue weighted by molar-refractivity contribution is 7.85. The zero-order chi connectivity index (χ0) is 41.4. The summed E-state index contributed by atoms with van der Waals surface area (Å²) < 4.78 is 16.8. The van der Waals surface area contributed by atoms with Crippen molar-refractivity contribution in [1.29, 1.82) is 10.5 Å². The van der Waals surface area contributed by atoms with E-state index in [1.165, 1.54) is 44.5 Å². The van der Waals surface area contributed by atoms with Crippen LogP contribution < -0.4 is 15.9 Å². The monoisotopic (exact) mass is 804 g/mol. The maximum absolute atomic E-state index is 16.8. The van der Waals surface area contributed by atoms with E-state index in [1.54, 1.807) is 0 Å². The third-order valence-corrected chi connectivity index (χ3v) is 17.3. The Morgan fingerprint density at radius 2 is 0.613 bits per heavy atom. The summed E-state index contributed by atoms with van der Waals surface area (Å²) in [6.45, 7) is 0. The normalized spacial score (nSPS) is 14.4. The molecule has 0 unspecified atom stereocenters. The van der Waals surface area contributed by atoms with Crippen molar-refractivity contribution in [1.82, 2.24) is 0 Å². The molecule has 0 atom stereocenters. The average Bonchev–Trinajstić information content (AvgIpc) is 4.02. The Morgan fingerprint density at radius 3 is 0.984 bits per heavy atom. The summed E-state index contributed by atoms with van der Waals surface area (Å²) in [7, 11) is -3.58. The largest absolute Gasteiger partial charge is 0.309 e. The Kier molecular flexibility index (Phi) is 6.99. The van der Waals surface area contributed by atoms with Crippen LogP contribution in [-0.2, 0) is 15.4 Å². The highest BCUT2D eigenvalue weighted by Gasteiger charge is 2.54. The summed E-state index contributed by atoms with van der Waals surface area (Å²) in [6, 6.07) is 74.4. The molecule has 9 aromatic rings. The molecule has 62 heavy (non-hydrogen) atoms. The Labute approximate surface area is 359 Å². The average molecular weight is 805 g/mol. The highest BCUT2D eigenvalue weighted by atomic mass is 31.2. The lowest BCUT2D eigenvalue weighted by Crippen LogP contribution is -2.28. The van der Waals surface area contributed by atoms with Gasteiger partial charge in [0, 0.05) is 15.9 Å². The first kappa shape index (κ1) is 35.0. The fraction of sp³-hybridized carbons (Fsp3) is 0.0345. The Balaban J connectivity index is 1.08. The van der Waals surface area contributed by atoms with Crippen LogP contribution in [0, 0.1) is 22.7 Å². The van der Waals surface area contributed by atoms with Gasteiger partial charge in [0.2, 0.25) is 0 Å². The second kappa shape index (κ2) is 12.4. The van der Waals surface area contributed by atoms with Crippen LogP contribution in [0.3, 0.4) is 0 Å². The Hall–Kier alpha value is -7.81. The van der Waals surface area contributed by atoms with Crippen molar-refractivity contribution in [3.63, 3.8) is 0 Å². The molecule has 0 radical (unpaired) electrons. The van der Waals surface area contributed by atoms with E-state index < -0.39 is 18.0 Å². The molecule has 0 fully saturated rings. The molecule has 0 N–H and O–H groups in total. The zero-order valence-electron chi connectivity index (χ0n) is 33.3. The summed E-state index contributed by atoms with van der Waals surface area (Å²) in [5, 5.41) is 22.6. The van der Waals surface area contributed by atoms with Crippen molar-refractivity contribution in [2.24, 2.45) is 0 Å². The van der Waals surface area contributed by atoms with Gasteiger partial charge in [0.05, 0.1) is 34.1 Å². The van der Waals surface area contributed by atoms with Crippen molar-refractivity contribution < 1.29 is 4.57 Å². The lowest BCUT2D eigenvalue weighted by atomic mass is 9.70. The third-order valence-electron chi connectivity index (χ3n) is 14.3. The molecule has 9 aromatic carbocycles. The van der Waals surface area contributed by atoms with E-state index in [2.05, 4.69) is 158 Å². The molecule has 4 aliphatic rings. The van der Waals surface area contributed by atoms with E-state index in [9.17, 15) is 10.5 Å². The molecule has 0 bridgehead atoms. The molecular weight excluding hydrogens is 772 g/mol. The van der Waals surface area contributed by atoms with E-state index in [0.717, 1.165) is 60.4 Å². The fourth-order valence-electron chi connectivity index (χ4n) is 11.9. The molecule has 0 aromatic heterocycles. The lowest BCUT2D eigenvalue weighted by molar-refractivity contribution is 0.592. The van der Waals surface area contributed by atoms with Crippen molar-refractivity contribution in [2.45, 2.75) is 10.8 Å².